The van der Waals surface area contributed by atoms with Crippen LogP contribution in [0.1, 0.15) is 45.2 Å². The van der Waals surface area contributed by atoms with E-state index < -0.39 is 10.0 Å². The summed E-state index contributed by atoms with van der Waals surface area (Å²) in [6.45, 7) is 6.47. The van der Waals surface area contributed by atoms with Gasteiger partial charge in [-0.3, -0.25) is 9.59 Å². The predicted octanol–water partition coefficient (Wildman–Crippen LogP) is 3.81. The van der Waals surface area contributed by atoms with E-state index in [0.717, 1.165) is 10.5 Å². The van der Waals surface area contributed by atoms with Gasteiger partial charge in [-0.2, -0.15) is 4.31 Å². The molecule has 0 saturated heterocycles. The van der Waals surface area contributed by atoms with Crippen molar-refractivity contribution in [3.8, 4) is 0 Å². The molecule has 1 aliphatic rings. The zero-order valence-corrected chi connectivity index (χ0v) is 20.9. The average Bonchev–Trinajstić information content (AvgIpc) is 2.81. The summed E-state index contributed by atoms with van der Waals surface area (Å²) in [6.07, 6.45) is 1.43. The summed E-state index contributed by atoms with van der Waals surface area (Å²) in [5.74, 6) is -0.314. The van der Waals surface area contributed by atoms with Crippen molar-refractivity contribution in [1.82, 2.24) is 9.62 Å². The third kappa shape index (κ3) is 5.96. The fourth-order valence-electron chi connectivity index (χ4n) is 3.77. The fourth-order valence-corrected chi connectivity index (χ4v) is 6.33. The normalized spacial score (nSPS) is 14.8. The second-order valence-corrected chi connectivity index (χ2v) is 11.0. The van der Waals surface area contributed by atoms with Gasteiger partial charge >= 0.3 is 0 Å². The van der Waals surface area contributed by atoms with Crippen molar-refractivity contribution in [2.75, 3.05) is 30.3 Å². The predicted molar refractivity (Wildman–Crippen MR) is 132 cm³/mol. The van der Waals surface area contributed by atoms with Gasteiger partial charge in [0.2, 0.25) is 21.8 Å². The Kier molecular flexibility index (Phi) is 8.56. The summed E-state index contributed by atoms with van der Waals surface area (Å²) >= 11 is 1.36. The summed E-state index contributed by atoms with van der Waals surface area (Å²) in [5.41, 5.74) is 1.43. The van der Waals surface area contributed by atoms with Crippen LogP contribution in [0, 0.1) is 0 Å². The maximum Gasteiger partial charge on any atom is 0.243 e. The first-order valence-corrected chi connectivity index (χ1v) is 13.6. The molecule has 0 bridgehead atoms. The average molecular weight is 490 g/mol. The van der Waals surface area contributed by atoms with Crippen LogP contribution in [0.5, 0.6) is 0 Å². The number of hydrogen-bond donors (Lipinski definition) is 1. The highest BCUT2D eigenvalue weighted by atomic mass is 32.2. The fraction of sp³-hybridized carbons (Fsp3) is 0.417. The first kappa shape index (κ1) is 25.3. The first-order chi connectivity index (χ1) is 15.8. The lowest BCUT2D eigenvalue weighted by Crippen LogP contribution is -2.44. The van der Waals surface area contributed by atoms with Gasteiger partial charge in [-0.25, -0.2) is 8.42 Å². The monoisotopic (exact) mass is 489 g/mol. The van der Waals surface area contributed by atoms with Crippen LogP contribution in [0.15, 0.2) is 58.3 Å². The maximum atomic E-state index is 13.2. The molecule has 0 radical (unpaired) electrons. The minimum Gasteiger partial charge on any atom is -0.348 e. The van der Waals surface area contributed by atoms with Gasteiger partial charge < -0.3 is 10.2 Å². The number of fused-ring (bicyclic) bond motifs is 1. The molecule has 9 heteroatoms. The topological polar surface area (TPSA) is 86.8 Å². The number of carbonyl (C=O) groups is 2. The van der Waals surface area contributed by atoms with Gasteiger partial charge in [-0.05, 0) is 43.5 Å². The number of rotatable bonds is 10. The Morgan fingerprint density at radius 2 is 1.79 bits per heavy atom. The number of sulfonamides is 1. The van der Waals surface area contributed by atoms with Gasteiger partial charge in [-0.15, -0.1) is 11.8 Å². The molecule has 2 amide bonds. The van der Waals surface area contributed by atoms with Crippen LogP contribution in [0.25, 0.3) is 0 Å². The van der Waals surface area contributed by atoms with Crippen LogP contribution < -0.4 is 10.2 Å². The lowest BCUT2D eigenvalue weighted by atomic mass is 10.1. The number of hydrogen-bond acceptors (Lipinski definition) is 5. The summed E-state index contributed by atoms with van der Waals surface area (Å²) < 4.78 is 28.0. The molecule has 1 atom stereocenters. The molecule has 2 aromatic rings. The highest BCUT2D eigenvalue weighted by molar-refractivity contribution is 8.00. The molecule has 1 N–H and O–H groups in total. The molecule has 0 aromatic heterocycles. The molecular formula is C24H31N3O4S2. The SMILES string of the molecule is CCCN(CCC)S(=O)(=O)c1ccc2c(c1)N(CC(=O)N[C@H](C)c1ccccc1)C(=O)CS2. The Bertz CT molecular complexity index is 1080. The number of thioether (sulfide) groups is 1. The first-order valence-electron chi connectivity index (χ1n) is 11.2. The maximum absolute atomic E-state index is 13.2. The van der Waals surface area contributed by atoms with Gasteiger partial charge in [0.25, 0.3) is 0 Å². The lowest BCUT2D eigenvalue weighted by molar-refractivity contribution is -0.123. The number of amides is 2. The van der Waals surface area contributed by atoms with E-state index in [1.807, 2.05) is 51.1 Å². The Balaban J connectivity index is 1.84. The van der Waals surface area contributed by atoms with E-state index in [1.165, 1.54) is 27.0 Å². The molecule has 1 heterocycles. The highest BCUT2D eigenvalue weighted by Crippen LogP contribution is 2.37. The summed E-state index contributed by atoms with van der Waals surface area (Å²) in [4.78, 5) is 27.8. The second kappa shape index (κ2) is 11.2. The number of benzene rings is 2. The van der Waals surface area contributed by atoms with Crippen molar-refractivity contribution in [2.24, 2.45) is 0 Å². The number of nitrogens with zero attached hydrogens (tertiary/aromatic N) is 2. The third-order valence-electron chi connectivity index (χ3n) is 5.44. The molecule has 33 heavy (non-hydrogen) atoms. The van der Waals surface area contributed by atoms with Crippen LogP contribution in [0.2, 0.25) is 0 Å². The van der Waals surface area contributed by atoms with Crippen molar-refractivity contribution < 1.29 is 18.0 Å². The van der Waals surface area contributed by atoms with Gasteiger partial charge in [0, 0.05) is 18.0 Å². The van der Waals surface area contributed by atoms with Crippen molar-refractivity contribution >= 4 is 39.3 Å². The van der Waals surface area contributed by atoms with E-state index in [-0.39, 0.29) is 35.0 Å². The summed E-state index contributed by atoms with van der Waals surface area (Å²) in [6, 6.07) is 14.2. The van der Waals surface area contributed by atoms with E-state index >= 15 is 0 Å². The zero-order chi connectivity index (χ0) is 24.0. The standard InChI is InChI=1S/C24H31N3O4S2/c1-4-13-26(14-5-2)33(30,31)20-11-12-22-21(15-20)27(24(29)17-32-22)16-23(28)25-18(3)19-9-7-6-8-10-19/h6-12,15,18H,4-5,13-14,16-17H2,1-3H3,(H,25,28)/t18-/m1/s1. The van der Waals surface area contributed by atoms with E-state index in [1.54, 1.807) is 12.1 Å². The van der Waals surface area contributed by atoms with Gasteiger partial charge in [-0.1, -0.05) is 44.2 Å². The van der Waals surface area contributed by atoms with E-state index in [9.17, 15) is 18.0 Å². The Morgan fingerprint density at radius 3 is 2.42 bits per heavy atom. The molecule has 3 rings (SSSR count). The smallest absolute Gasteiger partial charge is 0.243 e. The Hall–Kier alpha value is -2.36. The van der Waals surface area contributed by atoms with E-state index in [4.69, 9.17) is 0 Å². The van der Waals surface area contributed by atoms with Crippen molar-refractivity contribution in [2.45, 2.75) is 49.4 Å². The highest BCUT2D eigenvalue weighted by Gasteiger charge is 2.30. The minimum absolute atomic E-state index is 0.140. The van der Waals surface area contributed by atoms with Crippen molar-refractivity contribution in [3.63, 3.8) is 0 Å². The molecule has 0 spiro atoms. The van der Waals surface area contributed by atoms with Crippen LogP contribution >= 0.6 is 11.8 Å². The second-order valence-electron chi connectivity index (χ2n) is 8.00. The largest absolute Gasteiger partial charge is 0.348 e. The van der Waals surface area contributed by atoms with Crippen molar-refractivity contribution in [3.05, 3.63) is 54.1 Å². The lowest BCUT2D eigenvalue weighted by Gasteiger charge is -2.30. The van der Waals surface area contributed by atoms with Crippen LogP contribution in [0.3, 0.4) is 0 Å². The molecule has 178 valence electrons. The third-order valence-corrected chi connectivity index (χ3v) is 8.38. The van der Waals surface area contributed by atoms with Crippen LogP contribution in [-0.2, 0) is 19.6 Å². The zero-order valence-electron chi connectivity index (χ0n) is 19.3. The van der Waals surface area contributed by atoms with Crippen LogP contribution in [-0.4, -0.2) is 49.9 Å². The summed E-state index contributed by atoms with van der Waals surface area (Å²) in [5, 5.41) is 2.93. The van der Waals surface area contributed by atoms with E-state index in [0.29, 0.717) is 31.6 Å². The molecule has 0 fully saturated rings. The number of nitrogens with one attached hydrogen (secondary N) is 1. The van der Waals surface area contributed by atoms with Gasteiger partial charge in [0.1, 0.15) is 6.54 Å². The van der Waals surface area contributed by atoms with Gasteiger partial charge in [0.05, 0.1) is 22.4 Å². The molecule has 0 aliphatic carbocycles. The molecule has 7 nitrogen and oxygen atoms in total. The molecule has 1 aliphatic heterocycles. The number of carbonyl (C=O) groups excluding carboxylic acids is 2. The molecule has 0 unspecified atom stereocenters. The Morgan fingerprint density at radius 1 is 1.12 bits per heavy atom. The number of anilines is 1. The van der Waals surface area contributed by atoms with Crippen molar-refractivity contribution in [1.29, 1.82) is 0 Å². The molecular weight excluding hydrogens is 458 g/mol. The molecule has 2 aromatic carbocycles. The van der Waals surface area contributed by atoms with Gasteiger partial charge in [0.15, 0.2) is 0 Å². The van der Waals surface area contributed by atoms with E-state index in [2.05, 4.69) is 5.32 Å². The minimum atomic E-state index is -3.70. The Labute approximate surface area is 200 Å². The quantitative estimate of drug-likeness (QED) is 0.548. The van der Waals surface area contributed by atoms with Crippen LogP contribution in [0.4, 0.5) is 5.69 Å². The summed E-state index contributed by atoms with van der Waals surface area (Å²) in [7, 11) is -3.70. The molecule has 0 saturated carbocycles.